The average Bonchev–Trinajstić information content (AvgIpc) is 2.41. The second-order valence-corrected chi connectivity index (χ2v) is 4.91. The monoisotopic (exact) mass is 290 g/mol. The van der Waals surface area contributed by atoms with Crippen LogP contribution < -0.4 is 11.1 Å². The van der Waals surface area contributed by atoms with Gasteiger partial charge in [-0.25, -0.2) is 4.79 Å². The quantitative estimate of drug-likeness (QED) is 0.753. The number of carboxylic acid groups (broad SMARTS) is 1. The molecule has 0 heterocycles. The Morgan fingerprint density at radius 1 is 1.35 bits per heavy atom. The fraction of sp³-hybridized carbons (Fsp3) is 0.133. The molecular formula is C15H15ClN2O2. The molecule has 0 aliphatic carbocycles. The molecule has 0 amide bonds. The number of anilines is 2. The molecule has 5 heteroatoms. The van der Waals surface area contributed by atoms with Crippen molar-refractivity contribution in [2.75, 3.05) is 11.1 Å². The number of benzene rings is 2. The highest BCUT2D eigenvalue weighted by atomic mass is 35.5. The second kappa shape index (κ2) is 5.84. The summed E-state index contributed by atoms with van der Waals surface area (Å²) in [5, 5.41) is 12.9. The SMILES string of the molecule is Cc1cc(NCc2ccccc2Cl)cc(C(=O)O)c1N. The first-order valence-electron chi connectivity index (χ1n) is 6.09. The van der Waals surface area contributed by atoms with Gasteiger partial charge < -0.3 is 16.2 Å². The van der Waals surface area contributed by atoms with Crippen molar-refractivity contribution in [2.24, 2.45) is 0 Å². The van der Waals surface area contributed by atoms with E-state index in [1.165, 1.54) is 6.07 Å². The Morgan fingerprint density at radius 3 is 2.70 bits per heavy atom. The van der Waals surface area contributed by atoms with Gasteiger partial charge in [0.15, 0.2) is 0 Å². The van der Waals surface area contributed by atoms with E-state index in [2.05, 4.69) is 5.32 Å². The topological polar surface area (TPSA) is 75.3 Å². The normalized spacial score (nSPS) is 10.3. The molecule has 2 rings (SSSR count). The summed E-state index contributed by atoms with van der Waals surface area (Å²) in [7, 11) is 0. The third-order valence-corrected chi connectivity index (χ3v) is 3.43. The number of hydrogen-bond acceptors (Lipinski definition) is 3. The average molecular weight is 291 g/mol. The smallest absolute Gasteiger partial charge is 0.337 e. The Labute approximate surface area is 122 Å². The minimum Gasteiger partial charge on any atom is -0.478 e. The lowest BCUT2D eigenvalue weighted by Gasteiger charge is -2.12. The van der Waals surface area contributed by atoms with E-state index in [1.807, 2.05) is 30.3 Å². The van der Waals surface area contributed by atoms with Crippen molar-refractivity contribution in [2.45, 2.75) is 13.5 Å². The van der Waals surface area contributed by atoms with Gasteiger partial charge in [-0.1, -0.05) is 29.8 Å². The number of rotatable bonds is 4. The number of nitrogens with one attached hydrogen (secondary N) is 1. The van der Waals surface area contributed by atoms with Crippen molar-refractivity contribution in [1.82, 2.24) is 0 Å². The van der Waals surface area contributed by atoms with Gasteiger partial charge in [0.1, 0.15) is 0 Å². The van der Waals surface area contributed by atoms with Gasteiger partial charge >= 0.3 is 5.97 Å². The van der Waals surface area contributed by atoms with E-state index in [4.69, 9.17) is 22.4 Å². The second-order valence-electron chi connectivity index (χ2n) is 4.50. The zero-order valence-corrected chi connectivity index (χ0v) is 11.7. The van der Waals surface area contributed by atoms with Gasteiger partial charge in [-0.2, -0.15) is 0 Å². The summed E-state index contributed by atoms with van der Waals surface area (Å²) < 4.78 is 0. The summed E-state index contributed by atoms with van der Waals surface area (Å²) in [4.78, 5) is 11.1. The molecule has 0 saturated carbocycles. The third-order valence-electron chi connectivity index (χ3n) is 3.06. The maximum absolute atomic E-state index is 11.1. The van der Waals surface area contributed by atoms with Crippen molar-refractivity contribution in [1.29, 1.82) is 0 Å². The van der Waals surface area contributed by atoms with Crippen molar-refractivity contribution in [3.63, 3.8) is 0 Å². The highest BCUT2D eigenvalue weighted by Gasteiger charge is 2.11. The van der Waals surface area contributed by atoms with Gasteiger partial charge in [0.2, 0.25) is 0 Å². The Bertz CT molecular complexity index is 656. The van der Waals surface area contributed by atoms with Gasteiger partial charge in [0, 0.05) is 22.9 Å². The maximum Gasteiger partial charge on any atom is 0.337 e. The minimum absolute atomic E-state index is 0.103. The van der Waals surface area contributed by atoms with Crippen LogP contribution in [0.25, 0.3) is 0 Å². The summed E-state index contributed by atoms with van der Waals surface area (Å²) in [6, 6.07) is 10.8. The van der Waals surface area contributed by atoms with E-state index >= 15 is 0 Å². The molecule has 4 nitrogen and oxygen atoms in total. The lowest BCUT2D eigenvalue weighted by atomic mass is 10.1. The van der Waals surface area contributed by atoms with Crippen LogP contribution in [0.4, 0.5) is 11.4 Å². The molecule has 0 aliphatic rings. The van der Waals surface area contributed by atoms with E-state index in [0.717, 1.165) is 11.1 Å². The molecule has 0 unspecified atom stereocenters. The van der Waals surface area contributed by atoms with E-state index in [9.17, 15) is 4.79 Å². The zero-order valence-electron chi connectivity index (χ0n) is 11.0. The van der Waals surface area contributed by atoms with E-state index in [0.29, 0.717) is 22.9 Å². The van der Waals surface area contributed by atoms with Crippen LogP contribution in [0.5, 0.6) is 0 Å². The minimum atomic E-state index is -1.04. The molecule has 2 aromatic rings. The van der Waals surface area contributed by atoms with Crippen LogP contribution in [-0.4, -0.2) is 11.1 Å². The molecule has 20 heavy (non-hydrogen) atoms. The summed E-state index contributed by atoms with van der Waals surface area (Å²) in [6.45, 7) is 2.30. The van der Waals surface area contributed by atoms with Crippen molar-refractivity contribution < 1.29 is 9.90 Å². The van der Waals surface area contributed by atoms with Gasteiger partial charge in [0.25, 0.3) is 0 Å². The zero-order chi connectivity index (χ0) is 14.7. The number of aromatic carboxylic acids is 1. The Hall–Kier alpha value is -2.20. The first kappa shape index (κ1) is 14.2. The predicted octanol–water partition coefficient (Wildman–Crippen LogP) is 3.54. The Kier molecular flexibility index (Phi) is 4.15. The molecule has 0 atom stereocenters. The number of halogens is 1. The maximum atomic E-state index is 11.1. The number of aryl methyl sites for hydroxylation is 1. The molecule has 2 aromatic carbocycles. The molecule has 0 bridgehead atoms. The molecule has 0 radical (unpaired) electrons. The number of carboxylic acids is 1. The Balaban J connectivity index is 2.22. The largest absolute Gasteiger partial charge is 0.478 e. The lowest BCUT2D eigenvalue weighted by molar-refractivity contribution is 0.0698. The van der Waals surface area contributed by atoms with E-state index in [-0.39, 0.29) is 5.56 Å². The van der Waals surface area contributed by atoms with Gasteiger partial charge in [0.05, 0.1) is 5.56 Å². The molecule has 0 spiro atoms. The number of nitrogen functional groups attached to an aromatic ring is 1. The van der Waals surface area contributed by atoms with E-state index < -0.39 is 5.97 Å². The molecular weight excluding hydrogens is 276 g/mol. The van der Waals surface area contributed by atoms with Crippen LogP contribution in [-0.2, 0) is 6.54 Å². The molecule has 104 valence electrons. The fourth-order valence-corrected chi connectivity index (χ4v) is 2.12. The first-order chi connectivity index (χ1) is 9.49. The number of carbonyl (C=O) groups is 1. The fourth-order valence-electron chi connectivity index (χ4n) is 1.92. The van der Waals surface area contributed by atoms with Gasteiger partial charge in [-0.15, -0.1) is 0 Å². The highest BCUT2D eigenvalue weighted by Crippen LogP contribution is 2.24. The number of nitrogens with two attached hydrogens (primary N) is 1. The molecule has 0 aliphatic heterocycles. The molecule has 0 saturated heterocycles. The van der Waals surface area contributed by atoms with Crippen molar-refractivity contribution in [3.05, 3.63) is 58.1 Å². The molecule has 4 N–H and O–H groups in total. The summed E-state index contributed by atoms with van der Waals surface area (Å²) in [5.74, 6) is -1.04. The van der Waals surface area contributed by atoms with E-state index in [1.54, 1.807) is 6.92 Å². The van der Waals surface area contributed by atoms with Crippen LogP contribution in [0.2, 0.25) is 5.02 Å². The summed E-state index contributed by atoms with van der Waals surface area (Å²) in [5.41, 5.74) is 8.53. The summed E-state index contributed by atoms with van der Waals surface area (Å²) in [6.07, 6.45) is 0. The number of hydrogen-bond donors (Lipinski definition) is 3. The van der Waals surface area contributed by atoms with Crippen molar-refractivity contribution >= 4 is 28.9 Å². The van der Waals surface area contributed by atoms with Crippen LogP contribution >= 0.6 is 11.6 Å². The lowest BCUT2D eigenvalue weighted by Crippen LogP contribution is -2.07. The van der Waals surface area contributed by atoms with Gasteiger partial charge in [-0.05, 0) is 36.2 Å². The van der Waals surface area contributed by atoms with Crippen LogP contribution in [0.15, 0.2) is 36.4 Å². The van der Waals surface area contributed by atoms with Crippen LogP contribution in [0, 0.1) is 6.92 Å². The first-order valence-corrected chi connectivity index (χ1v) is 6.47. The van der Waals surface area contributed by atoms with Gasteiger partial charge in [-0.3, -0.25) is 0 Å². The Morgan fingerprint density at radius 2 is 2.05 bits per heavy atom. The predicted molar refractivity (Wildman–Crippen MR) is 81.3 cm³/mol. The van der Waals surface area contributed by atoms with Crippen molar-refractivity contribution in [3.8, 4) is 0 Å². The highest BCUT2D eigenvalue weighted by molar-refractivity contribution is 6.31. The summed E-state index contributed by atoms with van der Waals surface area (Å²) >= 11 is 6.07. The molecule has 0 fully saturated rings. The van der Waals surface area contributed by atoms with Crippen LogP contribution in [0.3, 0.4) is 0 Å². The standard InChI is InChI=1S/C15H15ClN2O2/c1-9-6-11(7-12(14(9)17)15(19)20)18-8-10-4-2-3-5-13(10)16/h2-7,18H,8,17H2,1H3,(H,19,20). The molecule has 0 aromatic heterocycles. The van der Waals surface area contributed by atoms with Crippen LogP contribution in [0.1, 0.15) is 21.5 Å². The third kappa shape index (κ3) is 3.03.